The van der Waals surface area contributed by atoms with Gasteiger partial charge in [-0.3, -0.25) is 19.3 Å². The number of carbonyl (C=O) groups is 3. The van der Waals surface area contributed by atoms with Crippen LogP contribution in [0.2, 0.25) is 0 Å². The molecule has 1 atom stereocenters. The van der Waals surface area contributed by atoms with Gasteiger partial charge >= 0.3 is 0 Å². The van der Waals surface area contributed by atoms with Crippen LogP contribution < -0.4 is 14.8 Å². The van der Waals surface area contributed by atoms with E-state index in [2.05, 4.69) is 5.32 Å². The van der Waals surface area contributed by atoms with E-state index in [0.29, 0.717) is 11.5 Å². The number of nitrogens with zero attached hydrogens (tertiary/aromatic N) is 1. The Bertz CT molecular complexity index is 591. The number of amides is 3. The second-order valence-electron chi connectivity index (χ2n) is 4.83. The van der Waals surface area contributed by atoms with E-state index >= 15 is 0 Å². The number of hydrogen-bond acceptors (Lipinski definition) is 6. The molecule has 1 aromatic carbocycles. The number of benzene rings is 1. The number of rotatable bonds is 7. The van der Waals surface area contributed by atoms with Gasteiger partial charge < -0.3 is 14.8 Å². The highest BCUT2D eigenvalue weighted by Gasteiger charge is 2.29. The van der Waals surface area contributed by atoms with Crippen molar-refractivity contribution in [3.05, 3.63) is 24.3 Å². The van der Waals surface area contributed by atoms with Gasteiger partial charge in [0.2, 0.25) is 5.91 Å². The predicted molar refractivity (Wildman–Crippen MR) is 85.7 cm³/mol. The number of nitrogens with one attached hydrogen (secondary N) is 1. The average Bonchev–Trinajstić information content (AvgIpc) is 2.86. The first-order valence-corrected chi connectivity index (χ1v) is 8.05. The summed E-state index contributed by atoms with van der Waals surface area (Å²) in [6.07, 6.45) is -0.707. The van der Waals surface area contributed by atoms with Crippen LogP contribution in [0, 0.1) is 0 Å². The Kier molecular flexibility index (Phi) is 5.86. The zero-order valence-electron chi connectivity index (χ0n) is 12.9. The van der Waals surface area contributed by atoms with Gasteiger partial charge in [0.25, 0.3) is 11.1 Å². The van der Waals surface area contributed by atoms with Gasteiger partial charge in [-0.2, -0.15) is 0 Å². The molecule has 1 saturated heterocycles. The molecule has 1 unspecified atom stereocenters. The van der Waals surface area contributed by atoms with Gasteiger partial charge in [-0.1, -0.05) is 17.8 Å². The van der Waals surface area contributed by atoms with Crippen LogP contribution in [-0.4, -0.2) is 54.0 Å². The SMILES string of the molecule is COc1cccc(OC(C)C(=O)NCCN2C(=O)CSC2=O)c1. The summed E-state index contributed by atoms with van der Waals surface area (Å²) >= 11 is 0.972. The Morgan fingerprint density at radius 3 is 2.78 bits per heavy atom. The third-order valence-corrected chi connectivity index (χ3v) is 4.06. The normalized spacial score (nSPS) is 15.5. The van der Waals surface area contributed by atoms with Crippen LogP contribution in [0.3, 0.4) is 0 Å². The van der Waals surface area contributed by atoms with Crippen molar-refractivity contribution in [2.24, 2.45) is 0 Å². The molecule has 1 aliphatic rings. The van der Waals surface area contributed by atoms with Crippen LogP contribution in [0.4, 0.5) is 4.79 Å². The van der Waals surface area contributed by atoms with Crippen molar-refractivity contribution in [3.63, 3.8) is 0 Å². The molecule has 0 aromatic heterocycles. The fourth-order valence-electron chi connectivity index (χ4n) is 1.96. The highest BCUT2D eigenvalue weighted by molar-refractivity contribution is 8.14. The van der Waals surface area contributed by atoms with Crippen LogP contribution in [0.1, 0.15) is 6.92 Å². The maximum absolute atomic E-state index is 12.0. The standard InChI is InChI=1S/C15H18N2O5S/c1-10(22-12-5-3-4-11(8-12)21-2)14(19)16-6-7-17-13(18)9-23-15(17)20/h3-5,8,10H,6-7,9H2,1-2H3,(H,16,19). The topological polar surface area (TPSA) is 84.9 Å². The lowest BCUT2D eigenvalue weighted by molar-refractivity contribution is -0.128. The first kappa shape index (κ1) is 17.1. The second-order valence-corrected chi connectivity index (χ2v) is 5.76. The smallest absolute Gasteiger partial charge is 0.288 e. The van der Waals surface area contributed by atoms with Gasteiger partial charge in [-0.15, -0.1) is 0 Å². The number of ether oxygens (including phenoxy) is 2. The Hall–Kier alpha value is -2.22. The molecular weight excluding hydrogens is 320 g/mol. The van der Waals surface area contributed by atoms with E-state index in [4.69, 9.17) is 9.47 Å². The van der Waals surface area contributed by atoms with Crippen molar-refractivity contribution < 1.29 is 23.9 Å². The summed E-state index contributed by atoms with van der Waals surface area (Å²) in [7, 11) is 1.55. The molecule has 23 heavy (non-hydrogen) atoms. The lowest BCUT2D eigenvalue weighted by Crippen LogP contribution is -2.42. The van der Waals surface area contributed by atoms with Gasteiger partial charge in [0.05, 0.1) is 12.9 Å². The van der Waals surface area contributed by atoms with E-state index in [9.17, 15) is 14.4 Å². The van der Waals surface area contributed by atoms with E-state index in [1.54, 1.807) is 38.3 Å². The summed E-state index contributed by atoms with van der Waals surface area (Å²) in [6.45, 7) is 1.99. The summed E-state index contributed by atoms with van der Waals surface area (Å²) in [5, 5.41) is 2.38. The van der Waals surface area contributed by atoms with Crippen molar-refractivity contribution in [2.75, 3.05) is 26.0 Å². The molecule has 3 amide bonds. The molecule has 1 heterocycles. The molecule has 7 nitrogen and oxygen atoms in total. The molecular formula is C15H18N2O5S. The van der Waals surface area contributed by atoms with Crippen LogP contribution in [0.25, 0.3) is 0 Å². The van der Waals surface area contributed by atoms with Crippen molar-refractivity contribution in [1.82, 2.24) is 10.2 Å². The molecule has 0 saturated carbocycles. The minimum Gasteiger partial charge on any atom is -0.497 e. The van der Waals surface area contributed by atoms with Crippen molar-refractivity contribution in [1.29, 1.82) is 0 Å². The molecule has 0 aliphatic carbocycles. The lowest BCUT2D eigenvalue weighted by Gasteiger charge is -2.17. The van der Waals surface area contributed by atoms with E-state index in [0.717, 1.165) is 16.7 Å². The third kappa shape index (κ3) is 4.62. The minimum absolute atomic E-state index is 0.169. The molecule has 2 rings (SSSR count). The maximum atomic E-state index is 12.0. The van der Waals surface area contributed by atoms with Gasteiger partial charge in [-0.25, -0.2) is 0 Å². The minimum atomic E-state index is -0.707. The third-order valence-electron chi connectivity index (χ3n) is 3.20. The lowest BCUT2D eigenvalue weighted by atomic mass is 10.3. The fraction of sp³-hybridized carbons (Fsp3) is 0.400. The number of thioether (sulfide) groups is 1. The van der Waals surface area contributed by atoms with E-state index in [1.807, 2.05) is 0 Å². The molecule has 1 aliphatic heterocycles. The molecule has 8 heteroatoms. The number of carbonyl (C=O) groups excluding carboxylic acids is 3. The quantitative estimate of drug-likeness (QED) is 0.806. The first-order chi connectivity index (χ1) is 11.0. The van der Waals surface area contributed by atoms with Crippen LogP contribution >= 0.6 is 11.8 Å². The second kappa shape index (κ2) is 7.87. The summed E-state index contributed by atoms with van der Waals surface area (Å²) < 4.78 is 10.6. The number of hydrogen-bond donors (Lipinski definition) is 1. The number of imide groups is 1. The van der Waals surface area contributed by atoms with Crippen LogP contribution in [0.15, 0.2) is 24.3 Å². The van der Waals surface area contributed by atoms with Gasteiger partial charge in [-0.05, 0) is 19.1 Å². The molecule has 0 radical (unpaired) electrons. The zero-order valence-corrected chi connectivity index (χ0v) is 13.7. The number of methoxy groups -OCH3 is 1. The zero-order chi connectivity index (χ0) is 16.8. The Morgan fingerprint density at radius 1 is 1.39 bits per heavy atom. The predicted octanol–water partition coefficient (Wildman–Crippen LogP) is 1.27. The van der Waals surface area contributed by atoms with Gasteiger partial charge in [0, 0.05) is 19.2 Å². The van der Waals surface area contributed by atoms with Crippen LogP contribution in [-0.2, 0) is 9.59 Å². The summed E-state index contributed by atoms with van der Waals surface area (Å²) in [5.74, 6) is 0.781. The Labute approximate surface area is 138 Å². The molecule has 0 bridgehead atoms. The fourth-order valence-corrected chi connectivity index (χ4v) is 2.72. The molecule has 1 fully saturated rings. The average molecular weight is 338 g/mol. The molecule has 1 aromatic rings. The largest absolute Gasteiger partial charge is 0.497 e. The van der Waals surface area contributed by atoms with E-state index < -0.39 is 6.10 Å². The van der Waals surface area contributed by atoms with E-state index in [1.165, 1.54) is 0 Å². The Morgan fingerprint density at radius 2 is 2.13 bits per heavy atom. The molecule has 1 N–H and O–H groups in total. The molecule has 124 valence electrons. The summed E-state index contributed by atoms with van der Waals surface area (Å²) in [6, 6.07) is 6.95. The van der Waals surface area contributed by atoms with E-state index in [-0.39, 0.29) is 35.9 Å². The van der Waals surface area contributed by atoms with Crippen LogP contribution in [0.5, 0.6) is 11.5 Å². The monoisotopic (exact) mass is 338 g/mol. The van der Waals surface area contributed by atoms with Gasteiger partial charge in [0.1, 0.15) is 11.5 Å². The Balaban J connectivity index is 1.78. The maximum Gasteiger partial charge on any atom is 0.288 e. The van der Waals surface area contributed by atoms with Gasteiger partial charge in [0.15, 0.2) is 6.10 Å². The summed E-state index contributed by atoms with van der Waals surface area (Å²) in [5.41, 5.74) is 0. The molecule has 0 spiro atoms. The van der Waals surface area contributed by atoms with Crippen molar-refractivity contribution in [2.45, 2.75) is 13.0 Å². The summed E-state index contributed by atoms with van der Waals surface area (Å²) in [4.78, 5) is 36.0. The van der Waals surface area contributed by atoms with Crippen molar-refractivity contribution in [3.8, 4) is 11.5 Å². The highest BCUT2D eigenvalue weighted by atomic mass is 32.2. The highest BCUT2D eigenvalue weighted by Crippen LogP contribution is 2.20. The first-order valence-electron chi connectivity index (χ1n) is 7.07. The van der Waals surface area contributed by atoms with Crippen molar-refractivity contribution >= 4 is 28.8 Å².